The number of ether oxygens (including phenoxy) is 1. The van der Waals surface area contributed by atoms with Crippen LogP contribution in [0.3, 0.4) is 0 Å². The molecule has 3 aliphatic rings. The lowest BCUT2D eigenvalue weighted by Gasteiger charge is -2.48. The van der Waals surface area contributed by atoms with Gasteiger partial charge in [-0.05, 0) is 54.4 Å². The summed E-state index contributed by atoms with van der Waals surface area (Å²) >= 11 is 0. The van der Waals surface area contributed by atoms with Crippen molar-refractivity contribution in [2.75, 3.05) is 19.7 Å². The molecule has 0 bridgehead atoms. The Hall–Kier alpha value is -3.35. The average molecular weight is 477 g/mol. The Balaban J connectivity index is 1.10. The number of hydrogen-bond acceptors (Lipinski definition) is 4. The molecule has 2 aromatic carbocycles. The average Bonchev–Trinajstić information content (AvgIpc) is 3.16. The van der Waals surface area contributed by atoms with Gasteiger partial charge in [-0.3, -0.25) is 9.59 Å². The first-order valence-electron chi connectivity index (χ1n) is 12.6. The number of carbonyl (C=O) groups is 3. The van der Waals surface area contributed by atoms with E-state index in [1.54, 1.807) is 4.90 Å². The molecule has 0 radical (unpaired) electrons. The molecule has 2 amide bonds. The van der Waals surface area contributed by atoms with E-state index in [0.717, 1.165) is 0 Å². The predicted octanol–water partition coefficient (Wildman–Crippen LogP) is 4.41. The number of fused-ring (bicyclic) bond motifs is 3. The van der Waals surface area contributed by atoms with Gasteiger partial charge in [0.15, 0.2) is 0 Å². The Labute approximate surface area is 205 Å². The summed E-state index contributed by atoms with van der Waals surface area (Å²) in [5, 5.41) is 12.4. The van der Waals surface area contributed by atoms with Crippen molar-refractivity contribution in [3.63, 3.8) is 0 Å². The second kappa shape index (κ2) is 9.36. The maximum atomic E-state index is 12.8. The highest BCUT2D eigenvalue weighted by atomic mass is 16.5. The van der Waals surface area contributed by atoms with Gasteiger partial charge in [-0.2, -0.15) is 0 Å². The summed E-state index contributed by atoms with van der Waals surface area (Å²) in [6.07, 6.45) is 2.92. The number of hydrogen-bond donors (Lipinski definition) is 2. The number of carboxylic acid groups (broad SMARTS) is 1. The van der Waals surface area contributed by atoms with Gasteiger partial charge in [-0.1, -0.05) is 55.5 Å². The highest BCUT2D eigenvalue weighted by Gasteiger charge is 2.51. The van der Waals surface area contributed by atoms with Crippen LogP contribution in [0.4, 0.5) is 4.79 Å². The fraction of sp³-hybridized carbons (Fsp3) is 0.464. The lowest BCUT2D eigenvalue weighted by molar-refractivity contribution is -0.168. The smallest absolute Gasteiger partial charge is 0.407 e. The highest BCUT2D eigenvalue weighted by molar-refractivity contribution is 5.85. The third-order valence-electron chi connectivity index (χ3n) is 8.17. The maximum Gasteiger partial charge on any atom is 0.407 e. The Morgan fingerprint density at radius 3 is 2.09 bits per heavy atom. The van der Waals surface area contributed by atoms with E-state index in [4.69, 9.17) is 4.74 Å². The van der Waals surface area contributed by atoms with E-state index in [2.05, 4.69) is 29.6 Å². The number of amides is 2. The molecule has 0 atom stereocenters. The molecule has 1 saturated heterocycles. The largest absolute Gasteiger partial charge is 0.481 e. The zero-order valence-corrected chi connectivity index (χ0v) is 20.0. The third kappa shape index (κ3) is 4.28. The molecule has 0 unspecified atom stereocenters. The first-order valence-corrected chi connectivity index (χ1v) is 12.6. The number of rotatable bonds is 6. The quantitative estimate of drug-likeness (QED) is 0.644. The summed E-state index contributed by atoms with van der Waals surface area (Å²) in [5.41, 5.74) is 3.98. The van der Waals surface area contributed by atoms with Crippen molar-refractivity contribution in [3.8, 4) is 11.1 Å². The summed E-state index contributed by atoms with van der Waals surface area (Å²) in [6.45, 7) is 2.74. The van der Waals surface area contributed by atoms with E-state index in [1.165, 1.54) is 22.3 Å². The molecular weight excluding hydrogens is 444 g/mol. The predicted molar refractivity (Wildman–Crippen MR) is 131 cm³/mol. The minimum atomic E-state index is -0.819. The number of carbonyl (C=O) groups excluding carboxylic acids is 2. The fourth-order valence-corrected chi connectivity index (χ4v) is 5.90. The number of aliphatic carboxylic acids is 1. The molecule has 0 spiro atoms. The first kappa shape index (κ1) is 23.4. The van der Waals surface area contributed by atoms with Crippen LogP contribution in [-0.4, -0.2) is 53.7 Å². The van der Waals surface area contributed by atoms with E-state index in [-0.39, 0.29) is 30.4 Å². The Morgan fingerprint density at radius 1 is 0.971 bits per heavy atom. The molecule has 7 nitrogen and oxygen atoms in total. The molecular formula is C28H32N2O5. The molecule has 35 heavy (non-hydrogen) atoms. The summed E-state index contributed by atoms with van der Waals surface area (Å²) in [5.74, 6) is -0.840. The minimum absolute atomic E-state index is 0.0140. The van der Waals surface area contributed by atoms with Gasteiger partial charge < -0.3 is 20.1 Å². The maximum absolute atomic E-state index is 12.8. The van der Waals surface area contributed by atoms with Crippen LogP contribution in [0.1, 0.15) is 56.1 Å². The van der Waals surface area contributed by atoms with E-state index in [9.17, 15) is 19.5 Å². The number of alkyl carbamates (subject to hydrolysis) is 1. The van der Waals surface area contributed by atoms with Crippen molar-refractivity contribution in [1.29, 1.82) is 0 Å². The number of nitrogens with zero attached hydrogens (tertiary/aromatic N) is 1. The third-order valence-corrected chi connectivity index (χ3v) is 8.17. The molecule has 2 aliphatic carbocycles. The lowest BCUT2D eigenvalue weighted by Crippen LogP contribution is -2.63. The van der Waals surface area contributed by atoms with Gasteiger partial charge in [0.25, 0.3) is 0 Å². The van der Waals surface area contributed by atoms with E-state index >= 15 is 0 Å². The molecule has 2 N–H and O–H groups in total. The van der Waals surface area contributed by atoms with Crippen LogP contribution < -0.4 is 5.32 Å². The molecule has 1 saturated carbocycles. The monoisotopic (exact) mass is 476 g/mol. The van der Waals surface area contributed by atoms with Crippen LogP contribution in [0.15, 0.2) is 48.5 Å². The Bertz CT molecular complexity index is 1090. The van der Waals surface area contributed by atoms with Gasteiger partial charge >= 0.3 is 12.1 Å². The molecule has 0 aromatic heterocycles. The van der Waals surface area contributed by atoms with Crippen LogP contribution in [-0.2, 0) is 14.3 Å². The molecule has 5 rings (SSSR count). The van der Waals surface area contributed by atoms with Crippen LogP contribution >= 0.6 is 0 Å². The topological polar surface area (TPSA) is 95.9 Å². The first-order chi connectivity index (χ1) is 16.9. The van der Waals surface area contributed by atoms with Gasteiger partial charge in [-0.15, -0.1) is 0 Å². The highest BCUT2D eigenvalue weighted by Crippen LogP contribution is 2.44. The summed E-state index contributed by atoms with van der Waals surface area (Å²) in [4.78, 5) is 38.6. The summed E-state index contributed by atoms with van der Waals surface area (Å²) < 4.78 is 5.66. The van der Waals surface area contributed by atoms with Gasteiger partial charge in [0, 0.05) is 31.0 Å². The summed E-state index contributed by atoms with van der Waals surface area (Å²) in [6, 6.07) is 16.5. The number of carboxylic acids is 1. The van der Waals surface area contributed by atoms with E-state index < -0.39 is 17.5 Å². The van der Waals surface area contributed by atoms with Crippen molar-refractivity contribution < 1.29 is 24.2 Å². The Morgan fingerprint density at radius 2 is 1.54 bits per heavy atom. The molecule has 2 fully saturated rings. The fourth-order valence-electron chi connectivity index (χ4n) is 5.90. The number of likely N-dealkylation sites (tertiary alicyclic amines) is 1. The van der Waals surface area contributed by atoms with Crippen LogP contribution in [0.25, 0.3) is 11.1 Å². The number of benzene rings is 2. The lowest BCUT2D eigenvalue weighted by atomic mass is 9.75. The zero-order valence-electron chi connectivity index (χ0n) is 20.0. The molecule has 184 valence electrons. The van der Waals surface area contributed by atoms with Crippen molar-refractivity contribution in [2.24, 2.45) is 11.3 Å². The molecule has 1 aliphatic heterocycles. The number of nitrogens with one attached hydrogen (secondary N) is 1. The SMILES string of the molecule is CCC1(C(=O)O)CN(C(=O)C2CCC(NC(=O)OCC3c4ccccc4-c4ccccc43)CC2)C1. The van der Waals surface area contributed by atoms with Crippen molar-refractivity contribution in [3.05, 3.63) is 59.7 Å². The zero-order chi connectivity index (χ0) is 24.6. The van der Waals surface area contributed by atoms with Gasteiger partial charge in [0.05, 0.1) is 0 Å². The second-order valence-corrected chi connectivity index (χ2v) is 10.2. The van der Waals surface area contributed by atoms with Crippen molar-refractivity contribution in [2.45, 2.75) is 51.0 Å². The molecule has 7 heteroatoms. The van der Waals surface area contributed by atoms with Gasteiger partial charge in [0.1, 0.15) is 12.0 Å². The van der Waals surface area contributed by atoms with Gasteiger partial charge in [-0.25, -0.2) is 4.79 Å². The van der Waals surface area contributed by atoms with Crippen LogP contribution in [0.5, 0.6) is 0 Å². The summed E-state index contributed by atoms with van der Waals surface area (Å²) in [7, 11) is 0. The second-order valence-electron chi connectivity index (χ2n) is 10.2. The van der Waals surface area contributed by atoms with Gasteiger partial charge in [0.2, 0.25) is 5.91 Å². The van der Waals surface area contributed by atoms with E-state index in [1.807, 2.05) is 31.2 Å². The van der Waals surface area contributed by atoms with E-state index in [0.29, 0.717) is 45.2 Å². The molecule has 2 aromatic rings. The minimum Gasteiger partial charge on any atom is -0.481 e. The standard InChI is InChI=1S/C28H32N2O5/c1-2-28(26(32)33)16-30(17-28)25(31)18-11-13-19(14-12-18)29-27(34)35-15-24-22-9-5-3-7-20(22)21-8-4-6-10-23(21)24/h3-10,18-19,24H,2,11-17H2,1H3,(H,29,34)(H,32,33). The molecule has 1 heterocycles. The van der Waals surface area contributed by atoms with Crippen LogP contribution in [0, 0.1) is 11.3 Å². The normalized spacial score (nSPS) is 22.5. The van der Waals surface area contributed by atoms with Crippen molar-refractivity contribution in [1.82, 2.24) is 10.2 Å². The Kier molecular flexibility index (Phi) is 6.26. The van der Waals surface area contributed by atoms with Crippen molar-refractivity contribution >= 4 is 18.0 Å². The van der Waals surface area contributed by atoms with Crippen LogP contribution in [0.2, 0.25) is 0 Å².